The van der Waals surface area contributed by atoms with Gasteiger partial charge in [-0.05, 0) is 44.2 Å². The van der Waals surface area contributed by atoms with Crippen molar-refractivity contribution in [3.63, 3.8) is 0 Å². The number of nitrogens with zero attached hydrogens (tertiary/aromatic N) is 2. The van der Waals surface area contributed by atoms with Crippen molar-refractivity contribution in [1.29, 1.82) is 0 Å². The van der Waals surface area contributed by atoms with Crippen LogP contribution in [0.4, 0.5) is 5.69 Å². The number of carbonyl (C=O) groups excluding carboxylic acids is 1. The van der Waals surface area contributed by atoms with E-state index in [1.54, 1.807) is 11.0 Å². The van der Waals surface area contributed by atoms with Crippen molar-refractivity contribution in [2.75, 3.05) is 13.1 Å². The van der Waals surface area contributed by atoms with Gasteiger partial charge >= 0.3 is 0 Å². The highest BCUT2D eigenvalue weighted by Gasteiger charge is 2.21. The number of amides is 1. The molecule has 1 aromatic heterocycles. The summed E-state index contributed by atoms with van der Waals surface area (Å²) in [4.78, 5) is 22.6. The molecule has 5 nitrogen and oxygen atoms in total. The summed E-state index contributed by atoms with van der Waals surface area (Å²) in [5.41, 5.74) is 4.22. The number of aliphatic imine (C=N–C) groups is 1. The number of rotatable bonds is 6. The van der Waals surface area contributed by atoms with Gasteiger partial charge in [-0.1, -0.05) is 48.5 Å². The number of aromatic nitrogens is 1. The number of benzene rings is 3. The number of aromatic hydroxyl groups is 1. The van der Waals surface area contributed by atoms with Crippen molar-refractivity contribution in [3.05, 3.63) is 95.6 Å². The summed E-state index contributed by atoms with van der Waals surface area (Å²) in [7, 11) is 0. The summed E-state index contributed by atoms with van der Waals surface area (Å²) in [6.45, 7) is 5.22. The number of hydrogen-bond donors (Lipinski definition) is 2. The van der Waals surface area contributed by atoms with Gasteiger partial charge in [0.15, 0.2) is 5.88 Å². The molecule has 0 atom stereocenters. The van der Waals surface area contributed by atoms with Crippen LogP contribution in [-0.2, 0) is 0 Å². The highest BCUT2D eigenvalue weighted by atomic mass is 16.3. The molecule has 4 aromatic rings. The molecular weight excluding hydrogens is 386 g/mol. The molecule has 0 saturated heterocycles. The summed E-state index contributed by atoms with van der Waals surface area (Å²) in [5.74, 6) is 0.000714. The van der Waals surface area contributed by atoms with E-state index in [0.29, 0.717) is 29.9 Å². The van der Waals surface area contributed by atoms with Gasteiger partial charge in [-0.3, -0.25) is 4.79 Å². The average Bonchev–Trinajstić information content (AvgIpc) is 3.14. The van der Waals surface area contributed by atoms with Gasteiger partial charge in [0, 0.05) is 35.1 Å². The van der Waals surface area contributed by atoms with E-state index in [1.807, 2.05) is 86.6 Å². The zero-order valence-corrected chi connectivity index (χ0v) is 17.7. The van der Waals surface area contributed by atoms with E-state index in [0.717, 1.165) is 22.2 Å². The molecule has 1 heterocycles. The van der Waals surface area contributed by atoms with Crippen LogP contribution in [-0.4, -0.2) is 39.7 Å². The lowest BCUT2D eigenvalue weighted by Gasteiger charge is -2.18. The fourth-order valence-electron chi connectivity index (χ4n) is 3.74. The summed E-state index contributed by atoms with van der Waals surface area (Å²) in [5, 5.41) is 11.6. The first-order valence-corrected chi connectivity index (χ1v) is 10.5. The zero-order chi connectivity index (χ0) is 21.8. The second-order valence-corrected chi connectivity index (χ2v) is 7.25. The van der Waals surface area contributed by atoms with Gasteiger partial charge in [0.1, 0.15) is 0 Å². The van der Waals surface area contributed by atoms with Crippen molar-refractivity contribution in [1.82, 2.24) is 9.88 Å². The van der Waals surface area contributed by atoms with Gasteiger partial charge in [0.2, 0.25) is 0 Å². The van der Waals surface area contributed by atoms with Crippen LogP contribution >= 0.6 is 0 Å². The number of nitrogens with one attached hydrogen (secondary N) is 1. The number of hydrogen-bond acceptors (Lipinski definition) is 3. The predicted molar refractivity (Wildman–Crippen MR) is 125 cm³/mol. The highest BCUT2D eigenvalue weighted by molar-refractivity contribution is 6.22. The van der Waals surface area contributed by atoms with Crippen LogP contribution in [0.1, 0.15) is 35.3 Å². The number of para-hydroxylation sites is 1. The minimum atomic E-state index is -0.0280. The maximum atomic E-state index is 12.9. The third kappa shape index (κ3) is 4.08. The first kappa shape index (κ1) is 20.4. The molecule has 1 amide bonds. The van der Waals surface area contributed by atoms with Crippen LogP contribution in [0.2, 0.25) is 0 Å². The number of fused-ring (bicyclic) bond motifs is 1. The van der Waals surface area contributed by atoms with Crippen LogP contribution < -0.4 is 0 Å². The van der Waals surface area contributed by atoms with Crippen LogP contribution in [0.25, 0.3) is 10.9 Å². The molecule has 2 N–H and O–H groups in total. The van der Waals surface area contributed by atoms with Crippen molar-refractivity contribution in [2.24, 2.45) is 4.99 Å². The fraction of sp³-hybridized carbons (Fsp3) is 0.154. The highest BCUT2D eigenvalue weighted by Crippen LogP contribution is 2.32. The van der Waals surface area contributed by atoms with E-state index in [4.69, 9.17) is 4.99 Å². The second-order valence-electron chi connectivity index (χ2n) is 7.25. The first-order chi connectivity index (χ1) is 15.1. The van der Waals surface area contributed by atoms with Crippen molar-refractivity contribution in [2.45, 2.75) is 13.8 Å². The van der Waals surface area contributed by atoms with Crippen molar-refractivity contribution >= 4 is 28.2 Å². The van der Waals surface area contributed by atoms with Gasteiger partial charge < -0.3 is 15.0 Å². The van der Waals surface area contributed by atoms with E-state index in [-0.39, 0.29) is 11.8 Å². The molecule has 0 aliphatic rings. The normalized spacial score (nSPS) is 11.6. The Morgan fingerprint density at radius 2 is 1.55 bits per heavy atom. The molecule has 156 valence electrons. The summed E-state index contributed by atoms with van der Waals surface area (Å²) in [6, 6.07) is 24.9. The molecule has 0 aliphatic heterocycles. The zero-order valence-electron chi connectivity index (χ0n) is 17.7. The SMILES string of the molecule is CCN(CC)C(=O)c1ccc2[nH]c(O)c(C(=Nc3ccccc3)c3ccccc3)c2c1. The van der Waals surface area contributed by atoms with Crippen molar-refractivity contribution < 1.29 is 9.90 Å². The Labute approximate surface area is 181 Å². The number of H-pyrrole nitrogens is 1. The van der Waals surface area contributed by atoms with Crippen LogP contribution in [0.15, 0.2) is 83.9 Å². The number of aromatic amines is 1. The van der Waals surface area contributed by atoms with Gasteiger partial charge in [-0.2, -0.15) is 0 Å². The molecule has 0 aliphatic carbocycles. The summed E-state index contributed by atoms with van der Waals surface area (Å²) < 4.78 is 0. The molecule has 0 spiro atoms. The van der Waals surface area contributed by atoms with Crippen LogP contribution in [0.5, 0.6) is 5.88 Å². The lowest BCUT2D eigenvalue weighted by molar-refractivity contribution is 0.0773. The molecule has 5 heteroatoms. The third-order valence-corrected chi connectivity index (χ3v) is 5.36. The quantitative estimate of drug-likeness (QED) is 0.410. The van der Waals surface area contributed by atoms with Crippen molar-refractivity contribution in [3.8, 4) is 5.88 Å². The number of carbonyl (C=O) groups is 1. The second kappa shape index (κ2) is 8.88. The molecular formula is C26H25N3O2. The maximum absolute atomic E-state index is 12.9. The van der Waals surface area contributed by atoms with Gasteiger partial charge in [-0.15, -0.1) is 0 Å². The minimum absolute atomic E-state index is 0.0280. The molecule has 4 rings (SSSR count). The Balaban J connectivity index is 1.93. The average molecular weight is 412 g/mol. The first-order valence-electron chi connectivity index (χ1n) is 10.5. The monoisotopic (exact) mass is 411 g/mol. The molecule has 0 fully saturated rings. The Kier molecular flexibility index (Phi) is 5.85. The standard InChI is InChI=1S/C26H25N3O2/c1-3-29(4-2)26(31)19-15-16-22-21(17-19)23(25(30)28-22)24(18-11-7-5-8-12-18)27-20-13-9-6-10-14-20/h5-17,28,30H,3-4H2,1-2H3. The fourth-order valence-corrected chi connectivity index (χ4v) is 3.74. The molecule has 0 saturated carbocycles. The van der Waals surface area contributed by atoms with E-state index in [9.17, 15) is 9.90 Å². The van der Waals surface area contributed by atoms with E-state index >= 15 is 0 Å². The lowest BCUT2D eigenvalue weighted by atomic mass is 9.99. The lowest BCUT2D eigenvalue weighted by Crippen LogP contribution is -2.30. The Morgan fingerprint density at radius 1 is 0.903 bits per heavy atom. The Morgan fingerprint density at radius 3 is 2.19 bits per heavy atom. The Bertz CT molecular complexity index is 1220. The van der Waals surface area contributed by atoms with E-state index in [1.165, 1.54) is 0 Å². The largest absolute Gasteiger partial charge is 0.494 e. The third-order valence-electron chi connectivity index (χ3n) is 5.36. The molecule has 0 unspecified atom stereocenters. The maximum Gasteiger partial charge on any atom is 0.253 e. The Hall–Kier alpha value is -3.86. The van der Waals surface area contributed by atoms with Crippen LogP contribution in [0.3, 0.4) is 0 Å². The predicted octanol–water partition coefficient (Wildman–Crippen LogP) is 5.52. The molecule has 3 aromatic carbocycles. The molecule has 31 heavy (non-hydrogen) atoms. The molecule has 0 bridgehead atoms. The smallest absolute Gasteiger partial charge is 0.253 e. The van der Waals surface area contributed by atoms with E-state index in [2.05, 4.69) is 4.98 Å². The van der Waals surface area contributed by atoms with Gasteiger partial charge in [0.05, 0.1) is 17.0 Å². The summed E-state index contributed by atoms with van der Waals surface area (Å²) in [6.07, 6.45) is 0. The molecule has 0 radical (unpaired) electrons. The van der Waals surface area contributed by atoms with E-state index < -0.39 is 0 Å². The van der Waals surface area contributed by atoms with Gasteiger partial charge in [0.25, 0.3) is 5.91 Å². The summed E-state index contributed by atoms with van der Waals surface area (Å²) >= 11 is 0. The minimum Gasteiger partial charge on any atom is -0.494 e. The van der Waals surface area contributed by atoms with Gasteiger partial charge in [-0.25, -0.2) is 4.99 Å². The van der Waals surface area contributed by atoms with Crippen LogP contribution in [0, 0.1) is 0 Å². The topological polar surface area (TPSA) is 68.7 Å².